The number of halogens is 2. The molecular formula is C23H25F2N5O6S. The molecule has 1 aromatic carbocycles. The van der Waals surface area contributed by atoms with Crippen molar-refractivity contribution in [1.82, 2.24) is 14.5 Å². The van der Waals surface area contributed by atoms with Crippen LogP contribution in [-0.4, -0.2) is 59.5 Å². The van der Waals surface area contributed by atoms with E-state index in [4.69, 9.17) is 9.88 Å². The number of aromatic nitrogens is 3. The molecule has 0 radical (unpaired) electrons. The predicted octanol–water partition coefficient (Wildman–Crippen LogP) is 1.77. The lowest BCUT2D eigenvalue weighted by Crippen LogP contribution is -2.44. The van der Waals surface area contributed by atoms with Gasteiger partial charge in [0.15, 0.2) is 17.3 Å². The maximum Gasteiger partial charge on any atom is 0.333 e. The van der Waals surface area contributed by atoms with Crippen molar-refractivity contribution in [3.63, 3.8) is 0 Å². The third-order valence-corrected chi connectivity index (χ3v) is 6.58. The van der Waals surface area contributed by atoms with E-state index in [1.807, 2.05) is 0 Å². The lowest BCUT2D eigenvalue weighted by molar-refractivity contribution is 0.00215. The number of aliphatic hydroxyl groups excluding tert-OH is 1. The molecule has 3 atom stereocenters. The molecule has 4 rings (SSSR count). The molecule has 14 heteroatoms. The van der Waals surface area contributed by atoms with Gasteiger partial charge in [-0.1, -0.05) is 6.07 Å². The largest absolute Gasteiger partial charge is 0.494 e. The number of methoxy groups -OCH3 is 1. The number of anilines is 1. The molecule has 0 spiro atoms. The molecule has 3 unspecified atom stereocenters. The predicted molar refractivity (Wildman–Crippen MR) is 127 cm³/mol. The molecule has 4 N–H and O–H groups in total. The maximum atomic E-state index is 15.6. The topological polar surface area (TPSA) is 159 Å². The molecule has 2 aromatic heterocycles. The van der Waals surface area contributed by atoms with Crippen LogP contribution in [-0.2, 0) is 21.0 Å². The number of benzene rings is 1. The maximum absolute atomic E-state index is 15.6. The second-order valence-electron chi connectivity index (χ2n) is 8.66. The van der Waals surface area contributed by atoms with Gasteiger partial charge in [0.1, 0.15) is 18.2 Å². The minimum atomic E-state index is -4.25. The van der Waals surface area contributed by atoms with Gasteiger partial charge in [0.25, 0.3) is 0 Å². The second-order valence-corrected chi connectivity index (χ2v) is 9.89. The van der Waals surface area contributed by atoms with Crippen molar-refractivity contribution in [2.45, 2.75) is 31.3 Å². The first-order valence-electron chi connectivity index (χ1n) is 11.1. The molecule has 3 aromatic rings. The number of nitrogens with two attached hydrogens (primary N) is 1. The van der Waals surface area contributed by atoms with Crippen LogP contribution < -0.4 is 15.2 Å². The van der Waals surface area contributed by atoms with E-state index in [1.54, 1.807) is 35.2 Å². The van der Waals surface area contributed by atoms with Crippen molar-refractivity contribution in [2.24, 2.45) is 11.1 Å². The molecule has 1 fully saturated rings. The zero-order chi connectivity index (χ0) is 26.8. The number of hydrogen-bond acceptors (Lipinski definition) is 9. The van der Waals surface area contributed by atoms with Gasteiger partial charge >= 0.3 is 10.3 Å². The zero-order valence-electron chi connectivity index (χ0n) is 19.7. The molecule has 2 heterocycles. The third-order valence-electron chi connectivity index (χ3n) is 6.12. The molecule has 0 saturated heterocycles. The summed E-state index contributed by atoms with van der Waals surface area (Å²) in [5.41, 5.74) is 0.984. The Hall–Kier alpha value is -3.46. The summed E-state index contributed by atoms with van der Waals surface area (Å²) < 4.78 is 62.6. The quantitative estimate of drug-likeness (QED) is 0.259. The Bertz CT molecular complexity index is 1400. The number of hydrogen-bond donors (Lipinski definition) is 3. The highest BCUT2D eigenvalue weighted by Crippen LogP contribution is 2.39. The van der Waals surface area contributed by atoms with E-state index >= 15 is 4.39 Å². The monoisotopic (exact) mass is 537 g/mol. The minimum Gasteiger partial charge on any atom is -0.494 e. The number of carbonyl (C=O) groups is 1. The fraction of sp³-hybridized carbons (Fsp3) is 0.348. The summed E-state index contributed by atoms with van der Waals surface area (Å²) in [6, 6.07) is 6.01. The zero-order valence-corrected chi connectivity index (χ0v) is 20.5. The number of rotatable bonds is 10. The molecule has 1 saturated carbocycles. The van der Waals surface area contributed by atoms with Gasteiger partial charge in [-0.2, -0.15) is 8.42 Å². The fourth-order valence-corrected chi connectivity index (χ4v) is 4.57. The van der Waals surface area contributed by atoms with Gasteiger partial charge in [0.05, 0.1) is 19.3 Å². The van der Waals surface area contributed by atoms with Gasteiger partial charge < -0.3 is 19.7 Å². The van der Waals surface area contributed by atoms with E-state index in [1.165, 1.54) is 19.4 Å². The van der Waals surface area contributed by atoms with Crippen LogP contribution in [0.5, 0.6) is 5.75 Å². The summed E-state index contributed by atoms with van der Waals surface area (Å²) in [6.45, 7) is -0.154. The number of aliphatic hydroxyl groups is 1. The van der Waals surface area contributed by atoms with Gasteiger partial charge in [-0.25, -0.2) is 23.9 Å². The molecule has 0 bridgehead atoms. The van der Waals surface area contributed by atoms with Crippen LogP contribution in [0, 0.1) is 11.7 Å². The molecule has 1 aliphatic carbocycles. The van der Waals surface area contributed by atoms with Crippen molar-refractivity contribution in [3.05, 3.63) is 71.7 Å². The van der Waals surface area contributed by atoms with Crippen molar-refractivity contribution < 1.29 is 36.0 Å². The molecule has 0 amide bonds. The van der Waals surface area contributed by atoms with Crippen LogP contribution in [0.2, 0.25) is 0 Å². The molecule has 0 aliphatic heterocycles. The highest BCUT2D eigenvalue weighted by molar-refractivity contribution is 7.84. The Balaban J connectivity index is 1.49. The highest BCUT2D eigenvalue weighted by Gasteiger charge is 2.49. The number of nitrogens with one attached hydrogen (secondary N) is 1. The van der Waals surface area contributed by atoms with Gasteiger partial charge in [-0.05, 0) is 30.2 Å². The first-order valence-corrected chi connectivity index (χ1v) is 12.6. The minimum absolute atomic E-state index is 0.0304. The lowest BCUT2D eigenvalue weighted by Gasteiger charge is -2.28. The van der Waals surface area contributed by atoms with Crippen molar-refractivity contribution >= 4 is 21.9 Å². The SMILES string of the molecule is COc1cc(Cn2ccc(C(=O)c3cncnc3NC3(F)CCC(COS(N)(=O)=O)C3O)c2)ccc1F. The van der Waals surface area contributed by atoms with E-state index < -0.39 is 46.3 Å². The standard InChI is InChI=1S/C23H25F2N5O6S/c1-35-19-8-14(2-3-18(19)24)10-30-7-5-15(11-30)20(31)17-9-27-13-28-22(17)29-23(25)6-4-16(21(23)32)12-36-37(26,33)34/h2-3,5,7-9,11,13,16,21,32H,4,6,10,12H2,1H3,(H2,26,33,34)(H,27,28,29). The number of alkyl halides is 1. The average molecular weight is 538 g/mol. The van der Waals surface area contributed by atoms with E-state index in [-0.39, 0.29) is 35.5 Å². The highest BCUT2D eigenvalue weighted by atomic mass is 32.2. The van der Waals surface area contributed by atoms with Crippen molar-refractivity contribution in [3.8, 4) is 5.75 Å². The Morgan fingerprint density at radius 1 is 1.38 bits per heavy atom. The molecule has 11 nitrogen and oxygen atoms in total. The van der Waals surface area contributed by atoms with E-state index in [2.05, 4.69) is 19.5 Å². The Morgan fingerprint density at radius 2 is 2.16 bits per heavy atom. The van der Waals surface area contributed by atoms with Gasteiger partial charge in [-0.3, -0.25) is 8.98 Å². The van der Waals surface area contributed by atoms with E-state index in [0.717, 1.165) is 11.9 Å². The van der Waals surface area contributed by atoms with Gasteiger partial charge in [-0.15, -0.1) is 0 Å². The van der Waals surface area contributed by atoms with Crippen molar-refractivity contribution in [2.75, 3.05) is 19.0 Å². The van der Waals surface area contributed by atoms with Gasteiger partial charge in [0.2, 0.25) is 5.79 Å². The van der Waals surface area contributed by atoms with E-state index in [9.17, 15) is 22.7 Å². The van der Waals surface area contributed by atoms with Crippen LogP contribution in [0.3, 0.4) is 0 Å². The number of nitrogens with zero attached hydrogens (tertiary/aromatic N) is 3. The second kappa shape index (κ2) is 10.5. The smallest absolute Gasteiger partial charge is 0.333 e. The van der Waals surface area contributed by atoms with Crippen LogP contribution in [0.15, 0.2) is 49.2 Å². The number of ether oxygens (including phenoxy) is 1. The van der Waals surface area contributed by atoms with Gasteiger partial charge in [0, 0.05) is 43.0 Å². The molecule has 37 heavy (non-hydrogen) atoms. The Morgan fingerprint density at radius 3 is 2.89 bits per heavy atom. The first-order chi connectivity index (χ1) is 17.5. The summed E-state index contributed by atoms with van der Waals surface area (Å²) in [7, 11) is -2.88. The van der Waals surface area contributed by atoms with Crippen LogP contribution in [0.4, 0.5) is 14.6 Å². The Labute approximate surface area is 211 Å². The van der Waals surface area contributed by atoms with Crippen LogP contribution in [0.1, 0.15) is 34.3 Å². The van der Waals surface area contributed by atoms with Crippen LogP contribution in [0.25, 0.3) is 0 Å². The molecular weight excluding hydrogens is 512 g/mol. The average Bonchev–Trinajstić information content (AvgIpc) is 3.43. The summed E-state index contributed by atoms with van der Waals surface area (Å²) >= 11 is 0. The van der Waals surface area contributed by atoms with E-state index in [0.29, 0.717) is 6.54 Å². The number of carbonyl (C=O) groups excluding carboxylic acids is 1. The lowest BCUT2D eigenvalue weighted by atomic mass is 10.0. The summed E-state index contributed by atoms with van der Waals surface area (Å²) in [4.78, 5) is 21.1. The number of ketones is 1. The normalized spacial score (nSPS) is 21.6. The fourth-order valence-electron chi connectivity index (χ4n) is 4.20. The molecule has 198 valence electrons. The van der Waals surface area contributed by atoms with Crippen molar-refractivity contribution in [1.29, 1.82) is 0 Å². The first kappa shape index (κ1) is 26.6. The summed E-state index contributed by atoms with van der Waals surface area (Å²) in [5, 5.41) is 17.8. The molecule has 1 aliphatic rings. The Kier molecular flexibility index (Phi) is 7.54. The summed E-state index contributed by atoms with van der Waals surface area (Å²) in [6.07, 6.45) is 3.84. The van der Waals surface area contributed by atoms with Crippen LogP contribution >= 0.6 is 0 Å². The third kappa shape index (κ3) is 6.10. The summed E-state index contributed by atoms with van der Waals surface area (Å²) in [5.74, 6) is -4.26.